The number of amides is 1. The minimum absolute atomic E-state index is 0.165. The summed E-state index contributed by atoms with van der Waals surface area (Å²) in [6.45, 7) is 3.79. The van der Waals surface area contributed by atoms with Gasteiger partial charge < -0.3 is 10.4 Å². The molecule has 0 heterocycles. The topological polar surface area (TPSA) is 66.4 Å². The van der Waals surface area contributed by atoms with Crippen molar-refractivity contribution < 1.29 is 14.7 Å². The summed E-state index contributed by atoms with van der Waals surface area (Å²) in [4.78, 5) is 22.8. The summed E-state index contributed by atoms with van der Waals surface area (Å²) in [5.74, 6) is -1.37. The maximum atomic E-state index is 11.8. The fourth-order valence-electron chi connectivity index (χ4n) is 1.73. The zero-order valence-corrected chi connectivity index (χ0v) is 13.3. The highest BCUT2D eigenvalue weighted by Crippen LogP contribution is 2.26. The largest absolute Gasteiger partial charge is 0.480 e. The van der Waals surface area contributed by atoms with Crippen LogP contribution >= 0.6 is 23.2 Å². The summed E-state index contributed by atoms with van der Waals surface area (Å²) in [6.07, 6.45) is 3.11. The van der Waals surface area contributed by atoms with E-state index in [2.05, 4.69) is 5.32 Å². The molecule has 0 bridgehead atoms. The number of nitrogens with one attached hydrogen (secondary N) is 1. The molecule has 0 spiro atoms. The van der Waals surface area contributed by atoms with Crippen molar-refractivity contribution in [2.75, 3.05) is 0 Å². The van der Waals surface area contributed by atoms with Crippen molar-refractivity contribution in [3.8, 4) is 0 Å². The van der Waals surface area contributed by atoms with E-state index in [1.165, 1.54) is 12.2 Å². The third-order valence-electron chi connectivity index (χ3n) is 2.72. The van der Waals surface area contributed by atoms with Gasteiger partial charge in [-0.05, 0) is 30.0 Å². The Bertz CT molecular complexity index is 556. The smallest absolute Gasteiger partial charge is 0.326 e. The minimum Gasteiger partial charge on any atom is -0.480 e. The SMILES string of the molecule is CC(C)CC(NC(=O)/C=C/c1cccc(Cl)c1Cl)C(=O)O. The second-order valence-corrected chi connectivity index (χ2v) is 5.79. The van der Waals surface area contributed by atoms with Crippen LogP contribution in [0.3, 0.4) is 0 Å². The van der Waals surface area contributed by atoms with Crippen LogP contribution in [-0.4, -0.2) is 23.0 Å². The number of carbonyl (C=O) groups is 2. The standard InChI is InChI=1S/C15H17Cl2NO3/c1-9(2)8-12(15(20)21)18-13(19)7-6-10-4-3-5-11(16)14(10)17/h3-7,9,12H,8H2,1-2H3,(H,18,19)(H,20,21)/b7-6+. The molecule has 21 heavy (non-hydrogen) atoms. The number of aliphatic carboxylic acids is 1. The molecule has 0 aliphatic rings. The van der Waals surface area contributed by atoms with Gasteiger partial charge >= 0.3 is 5.97 Å². The molecule has 1 aromatic carbocycles. The lowest BCUT2D eigenvalue weighted by atomic mass is 10.0. The third kappa shape index (κ3) is 5.78. The number of halogens is 2. The van der Waals surface area contributed by atoms with E-state index in [1.54, 1.807) is 18.2 Å². The van der Waals surface area contributed by atoms with Crippen molar-refractivity contribution in [1.82, 2.24) is 5.32 Å². The molecule has 0 saturated carbocycles. The minimum atomic E-state index is -1.05. The molecule has 0 fully saturated rings. The Kier molecular flexibility index (Phi) is 6.72. The lowest BCUT2D eigenvalue weighted by Gasteiger charge is -2.15. The van der Waals surface area contributed by atoms with Gasteiger partial charge in [-0.25, -0.2) is 4.79 Å². The quantitative estimate of drug-likeness (QED) is 0.783. The Labute approximate surface area is 133 Å². The first-order valence-corrected chi connectivity index (χ1v) is 7.22. The average Bonchev–Trinajstić information content (AvgIpc) is 2.39. The first kappa shape index (κ1) is 17.5. The zero-order chi connectivity index (χ0) is 16.0. The number of benzene rings is 1. The van der Waals surface area contributed by atoms with E-state index in [1.807, 2.05) is 13.8 Å². The Morgan fingerprint density at radius 1 is 1.33 bits per heavy atom. The van der Waals surface area contributed by atoms with Crippen molar-refractivity contribution in [3.05, 3.63) is 39.9 Å². The summed E-state index contributed by atoms with van der Waals surface area (Å²) in [5, 5.41) is 12.2. The molecule has 0 aliphatic heterocycles. The number of carbonyl (C=O) groups excluding carboxylic acids is 1. The molecule has 2 N–H and O–H groups in total. The van der Waals surface area contributed by atoms with Crippen molar-refractivity contribution in [2.24, 2.45) is 5.92 Å². The Hall–Kier alpha value is -1.52. The summed E-state index contributed by atoms with van der Waals surface area (Å²) >= 11 is 11.9. The van der Waals surface area contributed by atoms with Gasteiger partial charge in [-0.2, -0.15) is 0 Å². The van der Waals surface area contributed by atoms with E-state index in [9.17, 15) is 9.59 Å². The van der Waals surface area contributed by atoms with Gasteiger partial charge in [0.2, 0.25) is 5.91 Å². The van der Waals surface area contributed by atoms with Gasteiger partial charge in [0.25, 0.3) is 0 Å². The van der Waals surface area contributed by atoms with Crippen molar-refractivity contribution >= 4 is 41.2 Å². The van der Waals surface area contributed by atoms with Gasteiger partial charge in [0.05, 0.1) is 10.0 Å². The predicted octanol–water partition coefficient (Wildman–Crippen LogP) is 3.62. The molecule has 1 rings (SSSR count). The first-order valence-electron chi connectivity index (χ1n) is 6.46. The molecule has 0 radical (unpaired) electrons. The van der Waals surface area contributed by atoms with Gasteiger partial charge in [-0.15, -0.1) is 0 Å². The van der Waals surface area contributed by atoms with Gasteiger partial charge in [0.1, 0.15) is 6.04 Å². The number of carboxylic acid groups (broad SMARTS) is 1. The highest BCUT2D eigenvalue weighted by atomic mass is 35.5. The molecular formula is C15H17Cl2NO3. The second-order valence-electron chi connectivity index (χ2n) is 5.01. The highest BCUT2D eigenvalue weighted by molar-refractivity contribution is 6.42. The highest BCUT2D eigenvalue weighted by Gasteiger charge is 2.19. The normalized spacial score (nSPS) is 12.6. The summed E-state index contributed by atoms with van der Waals surface area (Å²) in [7, 11) is 0. The van der Waals surface area contributed by atoms with Crippen LogP contribution in [0, 0.1) is 5.92 Å². The summed E-state index contributed by atoms with van der Waals surface area (Å²) in [5.41, 5.74) is 0.593. The summed E-state index contributed by atoms with van der Waals surface area (Å²) < 4.78 is 0. The van der Waals surface area contributed by atoms with Gasteiger partial charge in [0.15, 0.2) is 0 Å². The molecule has 0 saturated heterocycles. The molecule has 0 aliphatic carbocycles. The monoisotopic (exact) mass is 329 g/mol. The van der Waals surface area contributed by atoms with E-state index in [0.29, 0.717) is 22.0 Å². The van der Waals surface area contributed by atoms with Crippen LogP contribution < -0.4 is 5.32 Å². The van der Waals surface area contributed by atoms with Crippen molar-refractivity contribution in [1.29, 1.82) is 0 Å². The molecule has 1 atom stereocenters. The molecule has 1 unspecified atom stereocenters. The number of hydrogen-bond acceptors (Lipinski definition) is 2. The third-order valence-corrected chi connectivity index (χ3v) is 3.55. The Balaban J connectivity index is 2.73. The molecular weight excluding hydrogens is 313 g/mol. The fourth-order valence-corrected chi connectivity index (χ4v) is 2.10. The molecule has 1 amide bonds. The fraction of sp³-hybridized carbons (Fsp3) is 0.333. The zero-order valence-electron chi connectivity index (χ0n) is 11.8. The van der Waals surface area contributed by atoms with E-state index in [4.69, 9.17) is 28.3 Å². The first-order chi connectivity index (χ1) is 9.81. The maximum Gasteiger partial charge on any atom is 0.326 e. The molecule has 1 aromatic rings. The van der Waals surface area contributed by atoms with Gasteiger partial charge in [-0.1, -0.05) is 49.2 Å². The predicted molar refractivity (Wildman–Crippen MR) is 84.5 cm³/mol. The average molecular weight is 330 g/mol. The number of carboxylic acids is 1. The second kappa shape index (κ2) is 8.05. The summed E-state index contributed by atoms with van der Waals surface area (Å²) in [6, 6.07) is 4.16. The molecule has 6 heteroatoms. The van der Waals surface area contributed by atoms with Crippen LogP contribution in [0.5, 0.6) is 0 Å². The van der Waals surface area contributed by atoms with Crippen LogP contribution in [0.15, 0.2) is 24.3 Å². The number of hydrogen-bond donors (Lipinski definition) is 2. The van der Waals surface area contributed by atoms with Gasteiger partial charge in [0, 0.05) is 6.08 Å². The van der Waals surface area contributed by atoms with Crippen LogP contribution in [0.4, 0.5) is 0 Å². The van der Waals surface area contributed by atoms with Crippen LogP contribution in [-0.2, 0) is 9.59 Å². The maximum absolute atomic E-state index is 11.8. The number of rotatable bonds is 6. The molecule has 0 aromatic heterocycles. The van der Waals surface area contributed by atoms with Crippen LogP contribution in [0.25, 0.3) is 6.08 Å². The van der Waals surface area contributed by atoms with Crippen molar-refractivity contribution in [2.45, 2.75) is 26.3 Å². The lowest BCUT2D eigenvalue weighted by molar-refractivity contribution is -0.141. The van der Waals surface area contributed by atoms with E-state index < -0.39 is 17.9 Å². The van der Waals surface area contributed by atoms with E-state index in [-0.39, 0.29) is 5.92 Å². The van der Waals surface area contributed by atoms with E-state index >= 15 is 0 Å². The molecule has 4 nitrogen and oxygen atoms in total. The van der Waals surface area contributed by atoms with Crippen LogP contribution in [0.1, 0.15) is 25.8 Å². The van der Waals surface area contributed by atoms with Gasteiger partial charge in [-0.3, -0.25) is 4.79 Å². The van der Waals surface area contributed by atoms with E-state index in [0.717, 1.165) is 0 Å². The van der Waals surface area contributed by atoms with Crippen molar-refractivity contribution in [3.63, 3.8) is 0 Å². The Morgan fingerprint density at radius 2 is 2.00 bits per heavy atom. The van der Waals surface area contributed by atoms with Crippen LogP contribution in [0.2, 0.25) is 10.0 Å². The lowest BCUT2D eigenvalue weighted by Crippen LogP contribution is -2.40. The Morgan fingerprint density at radius 3 is 2.57 bits per heavy atom. The molecule has 114 valence electrons.